The van der Waals surface area contributed by atoms with Crippen LogP contribution in [0.15, 0.2) is 55.0 Å². The van der Waals surface area contributed by atoms with Crippen molar-refractivity contribution in [2.24, 2.45) is 0 Å². The molecule has 2 aromatic heterocycles. The van der Waals surface area contributed by atoms with E-state index in [0.29, 0.717) is 0 Å². The van der Waals surface area contributed by atoms with Gasteiger partial charge in [-0.05, 0) is 37.1 Å². The van der Waals surface area contributed by atoms with E-state index in [9.17, 15) is 0 Å². The van der Waals surface area contributed by atoms with Gasteiger partial charge in [-0.25, -0.2) is 4.98 Å². The van der Waals surface area contributed by atoms with E-state index in [4.69, 9.17) is 0 Å². The third-order valence-electron chi connectivity index (χ3n) is 3.49. The number of pyridine rings is 1. The zero-order valence-corrected chi connectivity index (χ0v) is 11.7. The van der Waals surface area contributed by atoms with E-state index in [1.807, 2.05) is 31.6 Å². The minimum atomic E-state index is 0.829. The molecule has 0 radical (unpaired) electrons. The minimum Gasteiger partial charge on any atom is -0.327 e. The van der Waals surface area contributed by atoms with Gasteiger partial charge in [0.15, 0.2) is 0 Å². The predicted octanol–water partition coefficient (Wildman–Crippen LogP) is 3.61. The maximum Gasteiger partial charge on any atom is 0.141 e. The fraction of sp³-hybridized carbons (Fsp3) is 0.176. The summed E-state index contributed by atoms with van der Waals surface area (Å²) < 4.78 is 2.16. The fourth-order valence-corrected chi connectivity index (χ4v) is 2.27. The molecule has 3 rings (SSSR count). The normalized spacial score (nSPS) is 10.7. The molecule has 1 aromatic carbocycles. The second-order valence-electron chi connectivity index (χ2n) is 4.99. The second-order valence-corrected chi connectivity index (χ2v) is 4.99. The molecule has 0 fully saturated rings. The van der Waals surface area contributed by atoms with Gasteiger partial charge in [0.1, 0.15) is 5.82 Å². The molecular weight excluding hydrogens is 246 g/mol. The van der Waals surface area contributed by atoms with Crippen molar-refractivity contribution >= 4 is 0 Å². The van der Waals surface area contributed by atoms with E-state index in [0.717, 1.165) is 23.6 Å². The van der Waals surface area contributed by atoms with Crippen molar-refractivity contribution < 1.29 is 0 Å². The maximum absolute atomic E-state index is 4.46. The molecule has 3 nitrogen and oxygen atoms in total. The van der Waals surface area contributed by atoms with Gasteiger partial charge in [-0.15, -0.1) is 0 Å². The molecule has 0 aliphatic carbocycles. The Hall–Kier alpha value is -2.42. The van der Waals surface area contributed by atoms with Gasteiger partial charge in [-0.2, -0.15) is 0 Å². The Labute approximate surface area is 118 Å². The van der Waals surface area contributed by atoms with Crippen LogP contribution in [0.2, 0.25) is 0 Å². The first-order valence-corrected chi connectivity index (χ1v) is 6.73. The molecule has 3 aromatic rings. The van der Waals surface area contributed by atoms with Crippen molar-refractivity contribution in [1.29, 1.82) is 0 Å². The zero-order valence-electron chi connectivity index (χ0n) is 11.7. The molecule has 0 unspecified atom stereocenters. The number of hydrogen-bond donors (Lipinski definition) is 0. The van der Waals surface area contributed by atoms with Crippen LogP contribution in [0.4, 0.5) is 0 Å². The number of nitrogens with zero attached hydrogens (tertiary/aromatic N) is 3. The highest BCUT2D eigenvalue weighted by Gasteiger charge is 2.07. The summed E-state index contributed by atoms with van der Waals surface area (Å²) in [7, 11) is 0. The van der Waals surface area contributed by atoms with E-state index in [2.05, 4.69) is 51.8 Å². The molecule has 2 heterocycles. The topological polar surface area (TPSA) is 30.7 Å². The third kappa shape index (κ3) is 2.48. The number of hydrogen-bond acceptors (Lipinski definition) is 2. The lowest BCUT2D eigenvalue weighted by Gasteiger charge is -2.10. The summed E-state index contributed by atoms with van der Waals surface area (Å²) in [5.74, 6) is 0.959. The Balaban J connectivity index is 1.95. The van der Waals surface area contributed by atoms with Crippen LogP contribution in [0.5, 0.6) is 0 Å². The van der Waals surface area contributed by atoms with Crippen molar-refractivity contribution in [2.45, 2.75) is 20.4 Å². The van der Waals surface area contributed by atoms with Crippen LogP contribution < -0.4 is 0 Å². The SMILES string of the molecule is Cc1ccc(-c2nccn2Cc2ccccc2C)cn1. The lowest BCUT2D eigenvalue weighted by Crippen LogP contribution is -2.02. The predicted molar refractivity (Wildman–Crippen MR) is 80.5 cm³/mol. The van der Waals surface area contributed by atoms with E-state index < -0.39 is 0 Å². The average Bonchev–Trinajstić information content (AvgIpc) is 2.90. The summed E-state index contributed by atoms with van der Waals surface area (Å²) >= 11 is 0. The van der Waals surface area contributed by atoms with Gasteiger partial charge >= 0.3 is 0 Å². The van der Waals surface area contributed by atoms with E-state index in [-0.39, 0.29) is 0 Å². The van der Waals surface area contributed by atoms with Crippen molar-refractivity contribution in [3.05, 3.63) is 71.8 Å². The van der Waals surface area contributed by atoms with Gasteiger partial charge in [0.05, 0.1) is 0 Å². The average molecular weight is 263 g/mol. The Morgan fingerprint density at radius 2 is 1.85 bits per heavy atom. The number of benzene rings is 1. The Kier molecular flexibility index (Phi) is 3.33. The molecule has 0 spiro atoms. The minimum absolute atomic E-state index is 0.829. The van der Waals surface area contributed by atoms with Crippen LogP contribution in [0.3, 0.4) is 0 Å². The molecule has 0 bridgehead atoms. The lowest BCUT2D eigenvalue weighted by molar-refractivity contribution is 0.801. The Morgan fingerprint density at radius 3 is 2.60 bits per heavy atom. The van der Waals surface area contributed by atoms with Crippen LogP contribution in [-0.2, 0) is 6.54 Å². The molecule has 0 aliphatic heterocycles. The van der Waals surface area contributed by atoms with Crippen molar-refractivity contribution in [2.75, 3.05) is 0 Å². The van der Waals surface area contributed by atoms with Gasteiger partial charge in [0.2, 0.25) is 0 Å². The van der Waals surface area contributed by atoms with Gasteiger partial charge < -0.3 is 4.57 Å². The fourth-order valence-electron chi connectivity index (χ4n) is 2.27. The maximum atomic E-state index is 4.46. The van der Waals surface area contributed by atoms with E-state index >= 15 is 0 Å². The van der Waals surface area contributed by atoms with Gasteiger partial charge in [-0.3, -0.25) is 4.98 Å². The first kappa shape index (κ1) is 12.6. The van der Waals surface area contributed by atoms with Gasteiger partial charge in [0, 0.05) is 36.4 Å². The molecule has 0 saturated heterocycles. The first-order chi connectivity index (χ1) is 9.74. The van der Waals surface area contributed by atoms with Crippen molar-refractivity contribution in [1.82, 2.24) is 14.5 Å². The van der Waals surface area contributed by atoms with Crippen molar-refractivity contribution in [3.8, 4) is 11.4 Å². The summed E-state index contributed by atoms with van der Waals surface area (Å²) in [6.07, 6.45) is 5.74. The number of aryl methyl sites for hydroxylation is 2. The van der Waals surface area contributed by atoms with Crippen LogP contribution in [0.25, 0.3) is 11.4 Å². The molecule has 3 heteroatoms. The molecule has 0 atom stereocenters. The number of aromatic nitrogens is 3. The summed E-state index contributed by atoms with van der Waals surface area (Å²) in [5, 5.41) is 0. The highest BCUT2D eigenvalue weighted by molar-refractivity contribution is 5.54. The molecule has 0 amide bonds. The van der Waals surface area contributed by atoms with Crippen LogP contribution in [-0.4, -0.2) is 14.5 Å². The highest BCUT2D eigenvalue weighted by atomic mass is 15.1. The summed E-state index contributed by atoms with van der Waals surface area (Å²) in [6.45, 7) is 4.96. The standard InChI is InChI=1S/C17H17N3/c1-13-5-3-4-6-16(13)12-20-10-9-18-17(20)15-8-7-14(2)19-11-15/h3-11H,12H2,1-2H3. The molecule has 0 saturated carbocycles. The molecule has 100 valence electrons. The molecule has 0 aliphatic rings. The number of imidazole rings is 1. The Morgan fingerprint density at radius 1 is 1.00 bits per heavy atom. The largest absolute Gasteiger partial charge is 0.327 e. The van der Waals surface area contributed by atoms with Crippen LogP contribution >= 0.6 is 0 Å². The molecule has 0 N–H and O–H groups in total. The summed E-state index contributed by atoms with van der Waals surface area (Å²) in [6, 6.07) is 12.5. The first-order valence-electron chi connectivity index (χ1n) is 6.73. The highest BCUT2D eigenvalue weighted by Crippen LogP contribution is 2.19. The van der Waals surface area contributed by atoms with Crippen molar-refractivity contribution in [3.63, 3.8) is 0 Å². The van der Waals surface area contributed by atoms with Gasteiger partial charge in [-0.1, -0.05) is 24.3 Å². The summed E-state index contributed by atoms with van der Waals surface area (Å²) in [4.78, 5) is 8.81. The number of rotatable bonds is 3. The molecular formula is C17H17N3. The van der Waals surface area contributed by atoms with E-state index in [1.54, 1.807) is 0 Å². The quantitative estimate of drug-likeness (QED) is 0.722. The molecule has 20 heavy (non-hydrogen) atoms. The van der Waals surface area contributed by atoms with Crippen LogP contribution in [0.1, 0.15) is 16.8 Å². The van der Waals surface area contributed by atoms with Crippen LogP contribution in [0, 0.1) is 13.8 Å². The van der Waals surface area contributed by atoms with Gasteiger partial charge in [0.25, 0.3) is 0 Å². The summed E-state index contributed by atoms with van der Waals surface area (Å²) in [5.41, 5.74) is 4.68. The monoisotopic (exact) mass is 263 g/mol. The zero-order chi connectivity index (χ0) is 13.9. The third-order valence-corrected chi connectivity index (χ3v) is 3.49. The second kappa shape index (κ2) is 5.29. The van der Waals surface area contributed by atoms with E-state index in [1.165, 1.54) is 11.1 Å². The lowest BCUT2D eigenvalue weighted by atomic mass is 10.1. The Bertz CT molecular complexity index is 711. The smallest absolute Gasteiger partial charge is 0.141 e.